The second kappa shape index (κ2) is 14.3. The van der Waals surface area contributed by atoms with Gasteiger partial charge in [0.2, 0.25) is 5.91 Å². The second-order valence-electron chi connectivity index (χ2n) is 11.0. The van der Waals surface area contributed by atoms with Crippen molar-refractivity contribution in [3.8, 4) is 11.1 Å². The molecule has 4 N–H and O–H groups in total. The molecule has 6 nitrogen and oxygen atoms in total. The molecular weight excluding hydrogens is 508 g/mol. The number of carbonyl (C=O) groups excluding carboxylic acids is 2. The van der Waals surface area contributed by atoms with Crippen molar-refractivity contribution in [2.24, 2.45) is 5.41 Å². The van der Waals surface area contributed by atoms with Crippen LogP contribution < -0.4 is 21.3 Å². The first-order chi connectivity index (χ1) is 19.9. The lowest BCUT2D eigenvalue weighted by Crippen LogP contribution is -2.43. The van der Waals surface area contributed by atoms with Crippen molar-refractivity contribution in [1.82, 2.24) is 10.6 Å². The van der Waals surface area contributed by atoms with Crippen molar-refractivity contribution in [1.29, 1.82) is 0 Å². The molecule has 0 radical (unpaired) electrons. The van der Waals surface area contributed by atoms with Crippen LogP contribution in [0.1, 0.15) is 49.2 Å². The van der Waals surface area contributed by atoms with Crippen LogP contribution in [-0.2, 0) is 4.79 Å². The molecule has 0 aromatic heterocycles. The predicted molar refractivity (Wildman–Crippen MR) is 169 cm³/mol. The van der Waals surface area contributed by atoms with Gasteiger partial charge in [-0.1, -0.05) is 99.6 Å². The van der Waals surface area contributed by atoms with E-state index < -0.39 is 6.04 Å². The second-order valence-corrected chi connectivity index (χ2v) is 11.0. The van der Waals surface area contributed by atoms with Gasteiger partial charge < -0.3 is 21.3 Å². The van der Waals surface area contributed by atoms with E-state index in [-0.39, 0.29) is 17.2 Å². The van der Waals surface area contributed by atoms with Crippen LogP contribution in [0.15, 0.2) is 109 Å². The first-order valence-electron chi connectivity index (χ1n) is 14.2. The highest BCUT2D eigenvalue weighted by atomic mass is 16.2. The Morgan fingerprint density at radius 2 is 1.34 bits per heavy atom. The molecule has 0 saturated carbocycles. The molecule has 41 heavy (non-hydrogen) atoms. The Balaban J connectivity index is 1.33. The van der Waals surface area contributed by atoms with E-state index in [2.05, 4.69) is 35.1 Å². The maximum atomic E-state index is 13.1. The third-order valence-electron chi connectivity index (χ3n) is 6.90. The summed E-state index contributed by atoms with van der Waals surface area (Å²) in [4.78, 5) is 26.0. The van der Waals surface area contributed by atoms with Crippen LogP contribution in [0.4, 0.5) is 11.4 Å². The van der Waals surface area contributed by atoms with Crippen molar-refractivity contribution < 1.29 is 9.59 Å². The highest BCUT2D eigenvalue weighted by Crippen LogP contribution is 2.25. The summed E-state index contributed by atoms with van der Waals surface area (Å²) in [6.07, 6.45) is 0.895. The maximum Gasteiger partial charge on any atom is 0.256 e. The topological polar surface area (TPSA) is 82.3 Å². The minimum Gasteiger partial charge on any atom is -0.384 e. The molecule has 1 atom stereocenters. The van der Waals surface area contributed by atoms with Crippen LogP contribution in [0.25, 0.3) is 11.1 Å². The summed E-state index contributed by atoms with van der Waals surface area (Å²) in [5.41, 5.74) is 5.05. The summed E-state index contributed by atoms with van der Waals surface area (Å²) in [7, 11) is 0. The molecule has 0 spiro atoms. The normalized spacial score (nSPS) is 11.9. The quantitative estimate of drug-likeness (QED) is 0.146. The SMILES string of the molecule is CCCNC(=O)C(NCC(C)(C)CNc1ccc(NC(=O)c2ccccc2-c2ccccc2)cc1)c1ccccc1. The van der Waals surface area contributed by atoms with Crippen LogP contribution in [0.3, 0.4) is 0 Å². The lowest BCUT2D eigenvalue weighted by atomic mass is 9.92. The lowest BCUT2D eigenvalue weighted by Gasteiger charge is -2.29. The Morgan fingerprint density at radius 1 is 0.732 bits per heavy atom. The summed E-state index contributed by atoms with van der Waals surface area (Å²) < 4.78 is 0. The zero-order valence-corrected chi connectivity index (χ0v) is 24.1. The molecule has 4 rings (SSSR count). The minimum atomic E-state index is -0.406. The number of hydrogen-bond donors (Lipinski definition) is 4. The third kappa shape index (κ3) is 8.53. The smallest absolute Gasteiger partial charge is 0.256 e. The summed E-state index contributed by atoms with van der Waals surface area (Å²) >= 11 is 0. The molecule has 0 bridgehead atoms. The van der Waals surface area contributed by atoms with E-state index in [1.54, 1.807) is 0 Å². The molecular formula is C35H40N4O2. The van der Waals surface area contributed by atoms with Gasteiger partial charge in [0.05, 0.1) is 0 Å². The van der Waals surface area contributed by atoms with Crippen molar-refractivity contribution in [3.05, 3.63) is 120 Å². The number of amides is 2. The van der Waals surface area contributed by atoms with E-state index in [9.17, 15) is 9.59 Å². The molecule has 0 aliphatic heterocycles. The molecule has 1 unspecified atom stereocenters. The number of hydrogen-bond acceptors (Lipinski definition) is 4. The van der Waals surface area contributed by atoms with Gasteiger partial charge in [-0.15, -0.1) is 0 Å². The van der Waals surface area contributed by atoms with E-state index in [1.165, 1.54) is 0 Å². The molecule has 0 heterocycles. The van der Waals surface area contributed by atoms with Gasteiger partial charge in [-0.2, -0.15) is 0 Å². The fourth-order valence-corrected chi connectivity index (χ4v) is 4.56. The zero-order chi connectivity index (χ0) is 29.1. The fourth-order valence-electron chi connectivity index (χ4n) is 4.56. The molecule has 0 fully saturated rings. The van der Waals surface area contributed by atoms with Crippen LogP contribution in [-0.4, -0.2) is 31.4 Å². The molecule has 0 aliphatic carbocycles. The minimum absolute atomic E-state index is 0.00848. The Hall–Kier alpha value is -4.42. The molecule has 0 saturated heterocycles. The largest absolute Gasteiger partial charge is 0.384 e. The number of anilines is 2. The first-order valence-corrected chi connectivity index (χ1v) is 14.2. The number of benzene rings is 4. The van der Waals surface area contributed by atoms with Crippen molar-refractivity contribution >= 4 is 23.2 Å². The van der Waals surface area contributed by atoms with Crippen LogP contribution in [0.2, 0.25) is 0 Å². The van der Waals surface area contributed by atoms with E-state index >= 15 is 0 Å². The van der Waals surface area contributed by atoms with E-state index in [0.717, 1.165) is 34.5 Å². The van der Waals surface area contributed by atoms with Gasteiger partial charge in [0, 0.05) is 36.6 Å². The summed E-state index contributed by atoms with van der Waals surface area (Å²) in [5.74, 6) is -0.154. The molecule has 212 valence electrons. The Morgan fingerprint density at radius 3 is 2.02 bits per heavy atom. The lowest BCUT2D eigenvalue weighted by molar-refractivity contribution is -0.123. The molecule has 4 aromatic rings. The zero-order valence-electron chi connectivity index (χ0n) is 24.1. The van der Waals surface area contributed by atoms with E-state index in [0.29, 0.717) is 25.2 Å². The highest BCUT2D eigenvalue weighted by molar-refractivity contribution is 6.08. The van der Waals surface area contributed by atoms with Gasteiger partial charge in [-0.3, -0.25) is 9.59 Å². The van der Waals surface area contributed by atoms with E-state index in [4.69, 9.17) is 0 Å². The molecule has 2 amide bonds. The van der Waals surface area contributed by atoms with Crippen molar-refractivity contribution in [3.63, 3.8) is 0 Å². The monoisotopic (exact) mass is 548 g/mol. The average Bonchev–Trinajstić information content (AvgIpc) is 3.00. The van der Waals surface area contributed by atoms with Gasteiger partial charge >= 0.3 is 0 Å². The highest BCUT2D eigenvalue weighted by Gasteiger charge is 2.24. The van der Waals surface area contributed by atoms with Gasteiger partial charge in [0.1, 0.15) is 6.04 Å². The third-order valence-corrected chi connectivity index (χ3v) is 6.90. The van der Waals surface area contributed by atoms with Crippen LogP contribution in [0.5, 0.6) is 0 Å². The summed E-state index contributed by atoms with van der Waals surface area (Å²) in [6.45, 7) is 8.38. The first kappa shape index (κ1) is 29.6. The molecule has 0 aliphatic rings. The predicted octanol–water partition coefficient (Wildman–Crippen LogP) is 6.90. The van der Waals surface area contributed by atoms with Gasteiger partial charge in [-0.25, -0.2) is 0 Å². The standard InChI is InChI=1S/C35H40N4O2/c1-4-23-36-34(41)32(27-15-9-6-10-16-27)38-25-35(2,3)24-37-28-19-21-29(22-20-28)39-33(40)31-18-12-11-17-30(31)26-13-7-5-8-14-26/h5-22,32,37-38H,4,23-25H2,1-3H3,(H,36,41)(H,39,40). The maximum absolute atomic E-state index is 13.1. The van der Waals surface area contributed by atoms with Crippen molar-refractivity contribution in [2.75, 3.05) is 30.3 Å². The summed E-state index contributed by atoms with van der Waals surface area (Å²) in [5, 5.41) is 13.0. The Labute approximate surface area is 243 Å². The Bertz CT molecular complexity index is 1400. The number of carbonyl (C=O) groups is 2. The van der Waals surface area contributed by atoms with Gasteiger partial charge in [0.15, 0.2) is 0 Å². The molecule has 4 aromatic carbocycles. The number of nitrogens with one attached hydrogen (secondary N) is 4. The summed E-state index contributed by atoms with van der Waals surface area (Å²) in [6, 6.07) is 34.7. The number of rotatable bonds is 13. The average molecular weight is 549 g/mol. The van der Waals surface area contributed by atoms with Gasteiger partial charge in [0.25, 0.3) is 5.91 Å². The van der Waals surface area contributed by atoms with Crippen molar-refractivity contribution in [2.45, 2.75) is 33.2 Å². The molecule has 6 heteroatoms. The van der Waals surface area contributed by atoms with Gasteiger partial charge in [-0.05, 0) is 58.9 Å². The van der Waals surface area contributed by atoms with Crippen LogP contribution in [0, 0.1) is 5.41 Å². The van der Waals surface area contributed by atoms with Crippen LogP contribution >= 0.6 is 0 Å². The van der Waals surface area contributed by atoms with E-state index in [1.807, 2.05) is 116 Å². The Kier molecular flexibility index (Phi) is 10.3. The fraction of sp³-hybridized carbons (Fsp3) is 0.257.